The number of ether oxygens (including phenoxy) is 4. The summed E-state index contributed by atoms with van der Waals surface area (Å²) in [7, 11) is 0. The number of alkyl halides is 2. The molecule has 0 unspecified atom stereocenters. The Labute approximate surface area is 260 Å². The lowest BCUT2D eigenvalue weighted by Gasteiger charge is -2.23. The Balaban J connectivity index is 1.48. The van der Waals surface area contributed by atoms with E-state index in [1.165, 1.54) is 43.8 Å². The van der Waals surface area contributed by atoms with Crippen LogP contribution in [0.5, 0.6) is 23.0 Å². The number of hydrogen-bond donors (Lipinski definition) is 0. The van der Waals surface area contributed by atoms with E-state index in [-0.39, 0.29) is 13.6 Å². The molecular formula is C36H24Br2O4. The van der Waals surface area contributed by atoms with Crippen molar-refractivity contribution in [2.45, 2.75) is 10.7 Å². The molecular weight excluding hydrogens is 656 g/mol. The van der Waals surface area contributed by atoms with E-state index in [9.17, 15) is 0 Å². The van der Waals surface area contributed by atoms with Crippen molar-refractivity contribution >= 4 is 53.4 Å². The Morgan fingerprint density at radius 3 is 1.36 bits per heavy atom. The van der Waals surface area contributed by atoms with Gasteiger partial charge in [-0.2, -0.15) is 0 Å². The van der Waals surface area contributed by atoms with Crippen LogP contribution in [0.4, 0.5) is 0 Å². The van der Waals surface area contributed by atoms with Crippen LogP contribution in [-0.2, 0) is 10.7 Å². The predicted octanol–water partition coefficient (Wildman–Crippen LogP) is 10.2. The Morgan fingerprint density at radius 2 is 0.905 bits per heavy atom. The van der Waals surface area contributed by atoms with Gasteiger partial charge in [0.25, 0.3) is 0 Å². The zero-order valence-electron chi connectivity index (χ0n) is 22.5. The molecule has 6 heteroatoms. The molecule has 0 amide bonds. The highest BCUT2D eigenvalue weighted by Crippen LogP contribution is 2.48. The number of rotatable bonds is 5. The minimum absolute atomic E-state index is 0.250. The molecule has 0 bridgehead atoms. The van der Waals surface area contributed by atoms with Crippen molar-refractivity contribution in [3.63, 3.8) is 0 Å². The van der Waals surface area contributed by atoms with Crippen molar-refractivity contribution in [2.24, 2.45) is 0 Å². The van der Waals surface area contributed by atoms with Crippen molar-refractivity contribution < 1.29 is 18.9 Å². The molecule has 0 aliphatic carbocycles. The van der Waals surface area contributed by atoms with E-state index in [1.54, 1.807) is 0 Å². The van der Waals surface area contributed by atoms with E-state index >= 15 is 0 Å². The molecule has 0 aromatic heterocycles. The Hall–Kier alpha value is -4.00. The average molecular weight is 680 g/mol. The van der Waals surface area contributed by atoms with Crippen molar-refractivity contribution in [1.29, 1.82) is 0 Å². The molecule has 6 aromatic carbocycles. The summed E-state index contributed by atoms with van der Waals surface area (Å²) in [6.07, 6.45) is 0. The highest BCUT2D eigenvalue weighted by molar-refractivity contribution is 9.08. The van der Waals surface area contributed by atoms with Gasteiger partial charge in [-0.3, -0.25) is 0 Å². The summed E-state index contributed by atoms with van der Waals surface area (Å²) in [5, 5.41) is 6.16. The first-order valence-corrected chi connectivity index (χ1v) is 16.0. The van der Waals surface area contributed by atoms with Crippen LogP contribution in [0.15, 0.2) is 97.1 Å². The monoisotopic (exact) mass is 678 g/mol. The van der Waals surface area contributed by atoms with E-state index in [4.69, 9.17) is 18.9 Å². The predicted molar refractivity (Wildman–Crippen MR) is 175 cm³/mol. The van der Waals surface area contributed by atoms with E-state index in [2.05, 4.69) is 117 Å². The van der Waals surface area contributed by atoms with Gasteiger partial charge in [-0.05, 0) is 102 Å². The molecule has 0 radical (unpaired) electrons. The standard InChI is InChI=1S/C36H24Br2O4/c37-17-29-27(23-9-11-31-33(15-23)41-19-39-31)13-21-5-1-3-7-25(21)35(29)36-26-8-4-2-6-22(26)14-28(30(36)18-38)24-10-12-32-34(16-24)42-20-40-32/h1-16H,17-20H2. The lowest BCUT2D eigenvalue weighted by Crippen LogP contribution is -2.00. The highest BCUT2D eigenvalue weighted by Gasteiger charge is 2.24. The molecule has 0 fully saturated rings. The van der Waals surface area contributed by atoms with Gasteiger partial charge in [0.1, 0.15) is 0 Å². The van der Waals surface area contributed by atoms with E-state index in [1.807, 2.05) is 12.1 Å². The number of hydrogen-bond acceptors (Lipinski definition) is 4. The van der Waals surface area contributed by atoms with E-state index in [0.717, 1.165) is 45.3 Å². The highest BCUT2D eigenvalue weighted by atomic mass is 79.9. The molecule has 2 heterocycles. The fraction of sp³-hybridized carbons (Fsp3) is 0.111. The van der Waals surface area contributed by atoms with Crippen LogP contribution in [-0.4, -0.2) is 13.6 Å². The molecule has 42 heavy (non-hydrogen) atoms. The molecule has 0 saturated heterocycles. The smallest absolute Gasteiger partial charge is 0.231 e. The lowest BCUT2D eigenvalue weighted by molar-refractivity contribution is 0.173. The fourth-order valence-corrected chi connectivity index (χ4v) is 7.44. The van der Waals surface area contributed by atoms with Crippen LogP contribution >= 0.6 is 31.9 Å². The summed E-state index contributed by atoms with van der Waals surface area (Å²) in [6, 6.07) is 34.4. The summed E-state index contributed by atoms with van der Waals surface area (Å²) in [4.78, 5) is 0. The van der Waals surface area contributed by atoms with Crippen molar-refractivity contribution in [3.05, 3.63) is 108 Å². The van der Waals surface area contributed by atoms with Gasteiger partial charge < -0.3 is 18.9 Å². The zero-order valence-corrected chi connectivity index (χ0v) is 25.6. The third-order valence-electron chi connectivity index (χ3n) is 8.20. The minimum Gasteiger partial charge on any atom is -0.454 e. The van der Waals surface area contributed by atoms with Crippen LogP contribution < -0.4 is 18.9 Å². The zero-order chi connectivity index (χ0) is 28.2. The number of benzene rings is 6. The van der Waals surface area contributed by atoms with Crippen LogP contribution in [0.25, 0.3) is 54.9 Å². The van der Waals surface area contributed by atoms with Crippen LogP contribution in [0, 0.1) is 0 Å². The summed E-state index contributed by atoms with van der Waals surface area (Å²) >= 11 is 7.82. The third-order valence-corrected chi connectivity index (χ3v) is 9.32. The van der Waals surface area contributed by atoms with E-state index in [0.29, 0.717) is 10.7 Å². The Bertz CT molecular complexity index is 1890. The lowest BCUT2D eigenvalue weighted by atomic mass is 9.82. The largest absolute Gasteiger partial charge is 0.454 e. The average Bonchev–Trinajstić information content (AvgIpc) is 3.72. The molecule has 2 aliphatic heterocycles. The molecule has 0 spiro atoms. The van der Waals surface area contributed by atoms with Gasteiger partial charge in [-0.1, -0.05) is 92.5 Å². The van der Waals surface area contributed by atoms with Gasteiger partial charge in [0, 0.05) is 10.7 Å². The molecule has 0 saturated carbocycles. The topological polar surface area (TPSA) is 36.9 Å². The number of fused-ring (bicyclic) bond motifs is 4. The van der Waals surface area contributed by atoms with Crippen molar-refractivity contribution in [1.82, 2.24) is 0 Å². The molecule has 6 aromatic rings. The fourth-order valence-electron chi connectivity index (χ4n) is 6.27. The summed E-state index contributed by atoms with van der Waals surface area (Å²) in [6.45, 7) is 0.501. The van der Waals surface area contributed by atoms with Crippen LogP contribution in [0.2, 0.25) is 0 Å². The first-order chi connectivity index (χ1) is 20.7. The maximum atomic E-state index is 5.77. The van der Waals surface area contributed by atoms with Crippen molar-refractivity contribution in [2.75, 3.05) is 13.6 Å². The van der Waals surface area contributed by atoms with Gasteiger partial charge in [0.15, 0.2) is 23.0 Å². The second-order valence-corrected chi connectivity index (χ2v) is 11.5. The summed E-state index contributed by atoms with van der Waals surface area (Å²) in [5.74, 6) is 3.12. The van der Waals surface area contributed by atoms with E-state index < -0.39 is 0 Å². The normalized spacial score (nSPS) is 13.3. The molecule has 8 rings (SSSR count). The molecule has 0 N–H and O–H groups in total. The minimum atomic E-state index is 0.250. The summed E-state index contributed by atoms with van der Waals surface area (Å²) in [5.41, 5.74) is 9.42. The second-order valence-electron chi connectivity index (χ2n) is 10.4. The van der Waals surface area contributed by atoms with Crippen LogP contribution in [0.3, 0.4) is 0 Å². The van der Waals surface area contributed by atoms with Gasteiger partial charge in [-0.15, -0.1) is 0 Å². The quantitative estimate of drug-likeness (QED) is 0.170. The number of halogens is 2. The molecule has 0 atom stereocenters. The molecule has 2 aliphatic rings. The van der Waals surface area contributed by atoms with Crippen LogP contribution in [0.1, 0.15) is 11.1 Å². The Morgan fingerprint density at radius 1 is 0.476 bits per heavy atom. The van der Waals surface area contributed by atoms with Gasteiger partial charge in [-0.25, -0.2) is 0 Å². The summed E-state index contributed by atoms with van der Waals surface area (Å²) < 4.78 is 22.8. The van der Waals surface area contributed by atoms with Gasteiger partial charge in [0.05, 0.1) is 0 Å². The second kappa shape index (κ2) is 10.4. The first kappa shape index (κ1) is 25.7. The maximum Gasteiger partial charge on any atom is 0.231 e. The SMILES string of the molecule is BrCc1c(-c2ccc3c(c2)OCO3)cc2ccccc2c1-c1c(CBr)c(-c2ccc3c(c2)OCO3)cc2ccccc12. The van der Waals surface area contributed by atoms with Gasteiger partial charge in [0.2, 0.25) is 13.6 Å². The Kier molecular flexibility index (Phi) is 6.34. The van der Waals surface area contributed by atoms with Crippen molar-refractivity contribution in [3.8, 4) is 56.4 Å². The first-order valence-electron chi connectivity index (χ1n) is 13.7. The third kappa shape index (κ3) is 4.08. The van der Waals surface area contributed by atoms with Gasteiger partial charge >= 0.3 is 0 Å². The molecule has 4 nitrogen and oxygen atoms in total. The molecule has 206 valence electrons. The maximum absolute atomic E-state index is 5.77.